The summed E-state index contributed by atoms with van der Waals surface area (Å²) in [5, 5.41) is 42.4. The second kappa shape index (κ2) is 5.44. The summed E-state index contributed by atoms with van der Waals surface area (Å²) in [7, 11) is 0. The Morgan fingerprint density at radius 2 is 1.31 bits per heavy atom. The molecule has 0 saturated heterocycles. The van der Waals surface area contributed by atoms with Crippen LogP contribution in [0.2, 0.25) is 0 Å². The smallest absolute Gasteiger partial charge is 0.335 e. The molecule has 0 aliphatic rings. The highest BCUT2D eigenvalue weighted by atomic mass is 16.4. The molecule has 1 rings (SSSR count). The minimum atomic E-state index is -1.29. The van der Waals surface area contributed by atoms with E-state index in [1.54, 1.807) is 0 Å². The predicted molar refractivity (Wildman–Crippen MR) is 51.7 cm³/mol. The van der Waals surface area contributed by atoms with E-state index in [9.17, 15) is 4.79 Å². The first-order valence-electron chi connectivity index (χ1n) is 3.93. The number of carboxylic acids is 2. The van der Waals surface area contributed by atoms with Crippen LogP contribution >= 0.6 is 0 Å². The molecule has 0 aliphatic heterocycles. The Balaban J connectivity index is 0.000000487. The molecule has 1 aromatic carbocycles. The predicted octanol–water partition coefficient (Wildman–Crippen LogP) is 0.592. The van der Waals surface area contributed by atoms with Gasteiger partial charge in [-0.25, -0.2) is 4.79 Å². The number of carboxylic acid groups (broad SMARTS) is 2. The van der Waals surface area contributed by atoms with E-state index >= 15 is 0 Å². The van der Waals surface area contributed by atoms with Crippen LogP contribution in [0.25, 0.3) is 0 Å². The molecule has 0 aliphatic carbocycles. The number of rotatable bonds is 1. The molecule has 0 heterocycles. The summed E-state index contributed by atoms with van der Waals surface area (Å²) >= 11 is 0. The lowest BCUT2D eigenvalue weighted by Crippen LogP contribution is -1.95. The second-order valence-corrected chi connectivity index (χ2v) is 2.69. The lowest BCUT2D eigenvalue weighted by atomic mass is 10.2. The van der Waals surface area contributed by atoms with Gasteiger partial charge in [0.15, 0.2) is 17.2 Å². The summed E-state index contributed by atoms with van der Waals surface area (Å²) in [6, 6.07) is 1.69. The normalized spacial score (nSPS) is 8.81. The van der Waals surface area contributed by atoms with Crippen LogP contribution in [0.4, 0.5) is 0 Å². The fourth-order valence-electron chi connectivity index (χ4n) is 0.728. The topological polar surface area (TPSA) is 135 Å². The van der Waals surface area contributed by atoms with Crippen molar-refractivity contribution >= 4 is 11.9 Å². The van der Waals surface area contributed by atoms with Crippen LogP contribution in [0.15, 0.2) is 12.1 Å². The van der Waals surface area contributed by atoms with Crippen molar-refractivity contribution in [3.05, 3.63) is 17.7 Å². The number of aliphatic carboxylic acids is 1. The fraction of sp³-hybridized carbons (Fsp3) is 0.111. The third kappa shape index (κ3) is 4.18. The van der Waals surface area contributed by atoms with E-state index in [1.807, 2.05) is 0 Å². The molecule has 1 aromatic rings. The summed E-state index contributed by atoms with van der Waals surface area (Å²) in [5.74, 6) is -4.17. The van der Waals surface area contributed by atoms with Gasteiger partial charge in [-0.3, -0.25) is 4.79 Å². The fourth-order valence-corrected chi connectivity index (χ4v) is 0.728. The summed E-state index contributed by atoms with van der Waals surface area (Å²) < 4.78 is 0. The average Bonchev–Trinajstić information content (AvgIpc) is 2.12. The Bertz CT molecular complexity index is 383. The summed E-state index contributed by atoms with van der Waals surface area (Å²) in [6.07, 6.45) is 0. The molecular formula is C9H10O7. The van der Waals surface area contributed by atoms with Crippen LogP contribution in [-0.4, -0.2) is 37.5 Å². The molecule has 16 heavy (non-hydrogen) atoms. The van der Waals surface area contributed by atoms with Crippen molar-refractivity contribution in [2.45, 2.75) is 6.92 Å². The average molecular weight is 230 g/mol. The summed E-state index contributed by atoms with van der Waals surface area (Å²) in [5.41, 5.74) is -0.289. The van der Waals surface area contributed by atoms with Gasteiger partial charge in [-0.05, 0) is 12.1 Å². The molecule has 0 aromatic heterocycles. The van der Waals surface area contributed by atoms with Gasteiger partial charge < -0.3 is 25.5 Å². The van der Waals surface area contributed by atoms with Gasteiger partial charge >= 0.3 is 5.97 Å². The highest BCUT2D eigenvalue weighted by Gasteiger charge is 2.11. The Morgan fingerprint density at radius 3 is 1.56 bits per heavy atom. The Labute approximate surface area is 89.8 Å². The maximum absolute atomic E-state index is 10.3. The molecule has 7 nitrogen and oxygen atoms in total. The van der Waals surface area contributed by atoms with Gasteiger partial charge in [0.2, 0.25) is 0 Å². The third-order valence-electron chi connectivity index (χ3n) is 1.32. The van der Waals surface area contributed by atoms with E-state index in [-0.39, 0.29) is 5.56 Å². The van der Waals surface area contributed by atoms with Gasteiger partial charge in [0.05, 0.1) is 5.56 Å². The Kier molecular flexibility index (Phi) is 4.61. The van der Waals surface area contributed by atoms with E-state index in [0.717, 1.165) is 19.1 Å². The molecule has 0 fully saturated rings. The van der Waals surface area contributed by atoms with E-state index in [2.05, 4.69) is 0 Å². The molecule has 0 bridgehead atoms. The molecule has 88 valence electrons. The maximum atomic E-state index is 10.3. The lowest BCUT2D eigenvalue weighted by Gasteiger charge is -2.01. The van der Waals surface area contributed by atoms with Gasteiger partial charge in [-0.2, -0.15) is 0 Å². The van der Waals surface area contributed by atoms with Crippen LogP contribution < -0.4 is 0 Å². The SMILES string of the molecule is CC(=O)O.O=C(O)c1cc(O)c(O)c(O)c1. The first kappa shape index (κ1) is 13.6. The number of hydrogen-bond acceptors (Lipinski definition) is 5. The zero-order chi connectivity index (χ0) is 12.9. The highest BCUT2D eigenvalue weighted by molar-refractivity contribution is 5.89. The first-order valence-corrected chi connectivity index (χ1v) is 3.93. The van der Waals surface area contributed by atoms with Gasteiger partial charge in [-0.15, -0.1) is 0 Å². The number of phenolic OH excluding ortho intramolecular Hbond substituents is 3. The van der Waals surface area contributed by atoms with E-state index in [4.69, 9.17) is 30.3 Å². The van der Waals surface area contributed by atoms with Crippen molar-refractivity contribution in [2.24, 2.45) is 0 Å². The lowest BCUT2D eigenvalue weighted by molar-refractivity contribution is -0.134. The van der Waals surface area contributed by atoms with Gasteiger partial charge in [-0.1, -0.05) is 0 Å². The minimum Gasteiger partial charge on any atom is -0.504 e. The molecule has 0 atom stereocenters. The molecule has 0 amide bonds. The molecule has 0 saturated carbocycles. The number of phenols is 3. The van der Waals surface area contributed by atoms with Gasteiger partial charge in [0, 0.05) is 6.92 Å². The number of hydrogen-bond donors (Lipinski definition) is 5. The molecule has 5 N–H and O–H groups in total. The standard InChI is InChI=1S/C7H6O5.C2H4O2/c8-4-1-3(7(11)12)2-5(9)6(4)10;1-2(3)4/h1-2,8-10H,(H,11,12);1H3,(H,3,4). The minimum absolute atomic E-state index is 0.289. The van der Waals surface area contributed by atoms with Crippen molar-refractivity contribution in [3.8, 4) is 17.2 Å². The van der Waals surface area contributed by atoms with Crippen LogP contribution in [0.3, 0.4) is 0 Å². The van der Waals surface area contributed by atoms with Crippen LogP contribution in [0.5, 0.6) is 17.2 Å². The van der Waals surface area contributed by atoms with E-state index < -0.39 is 29.2 Å². The Hall–Kier alpha value is -2.44. The first-order chi connectivity index (χ1) is 7.25. The summed E-state index contributed by atoms with van der Waals surface area (Å²) in [6.45, 7) is 1.08. The third-order valence-corrected chi connectivity index (χ3v) is 1.32. The molecule has 7 heteroatoms. The zero-order valence-electron chi connectivity index (χ0n) is 8.21. The number of benzene rings is 1. The van der Waals surface area contributed by atoms with Gasteiger partial charge in [0.1, 0.15) is 0 Å². The number of aromatic carboxylic acids is 1. The zero-order valence-corrected chi connectivity index (χ0v) is 8.21. The molecule has 0 spiro atoms. The van der Waals surface area contributed by atoms with Crippen LogP contribution in [-0.2, 0) is 4.79 Å². The van der Waals surface area contributed by atoms with Gasteiger partial charge in [0.25, 0.3) is 5.97 Å². The highest BCUT2D eigenvalue weighted by Crippen LogP contribution is 2.35. The van der Waals surface area contributed by atoms with Crippen molar-refractivity contribution < 1.29 is 35.1 Å². The van der Waals surface area contributed by atoms with Crippen molar-refractivity contribution in [1.29, 1.82) is 0 Å². The van der Waals surface area contributed by atoms with Crippen molar-refractivity contribution in [2.75, 3.05) is 0 Å². The van der Waals surface area contributed by atoms with Crippen molar-refractivity contribution in [1.82, 2.24) is 0 Å². The Morgan fingerprint density at radius 1 is 1.00 bits per heavy atom. The molecule has 0 unspecified atom stereocenters. The summed E-state index contributed by atoms with van der Waals surface area (Å²) in [4.78, 5) is 19.3. The number of carbonyl (C=O) groups is 2. The van der Waals surface area contributed by atoms with E-state index in [1.165, 1.54) is 0 Å². The van der Waals surface area contributed by atoms with E-state index in [0.29, 0.717) is 0 Å². The molecule has 0 radical (unpaired) electrons. The van der Waals surface area contributed by atoms with Crippen molar-refractivity contribution in [3.63, 3.8) is 0 Å². The van der Waals surface area contributed by atoms with Crippen LogP contribution in [0, 0.1) is 0 Å². The van der Waals surface area contributed by atoms with Crippen LogP contribution in [0.1, 0.15) is 17.3 Å². The number of aromatic hydroxyl groups is 3. The quantitative estimate of drug-likeness (QED) is 0.445. The second-order valence-electron chi connectivity index (χ2n) is 2.69. The largest absolute Gasteiger partial charge is 0.504 e. The maximum Gasteiger partial charge on any atom is 0.335 e. The monoisotopic (exact) mass is 230 g/mol. The molecular weight excluding hydrogens is 220 g/mol.